The van der Waals surface area contributed by atoms with Crippen LogP contribution >= 0.6 is 15.9 Å². The molecule has 0 unspecified atom stereocenters. The van der Waals surface area contributed by atoms with Crippen LogP contribution in [0.25, 0.3) is 0 Å². The highest BCUT2D eigenvalue weighted by molar-refractivity contribution is 9.10. The van der Waals surface area contributed by atoms with E-state index in [2.05, 4.69) is 21.2 Å². The number of halogens is 3. The third-order valence-electron chi connectivity index (χ3n) is 2.01. The quantitative estimate of drug-likeness (QED) is 0.807. The summed E-state index contributed by atoms with van der Waals surface area (Å²) in [5.41, 5.74) is -0.110. The number of nitrogens with one attached hydrogen (secondary N) is 1. The summed E-state index contributed by atoms with van der Waals surface area (Å²) in [6, 6.07) is 2.45. The van der Waals surface area contributed by atoms with Crippen molar-refractivity contribution in [1.29, 1.82) is 0 Å². The predicted molar refractivity (Wildman–Crippen MR) is 68.2 cm³/mol. The maximum atomic E-state index is 13.4. The van der Waals surface area contributed by atoms with Gasteiger partial charge in [-0.05, 0) is 18.1 Å². The third-order valence-corrected chi connectivity index (χ3v) is 2.46. The zero-order valence-corrected chi connectivity index (χ0v) is 11.5. The molecule has 0 radical (unpaired) electrons. The molecule has 96 valence electrons. The molecule has 0 aliphatic heterocycles. The number of ether oxygens (including phenoxy) is 1. The maximum Gasteiger partial charge on any atom is 0.150 e. The molecule has 0 spiro atoms. The van der Waals surface area contributed by atoms with Crippen molar-refractivity contribution in [3.63, 3.8) is 0 Å². The normalized spacial score (nSPS) is 10.9. The molecule has 0 saturated carbocycles. The smallest absolute Gasteiger partial charge is 0.150 e. The van der Waals surface area contributed by atoms with Crippen LogP contribution in [-0.4, -0.2) is 19.8 Å². The van der Waals surface area contributed by atoms with Crippen molar-refractivity contribution in [3.8, 4) is 0 Å². The summed E-state index contributed by atoms with van der Waals surface area (Å²) in [6.07, 6.45) is 0. The molecular formula is C12H16BrF2NO. The van der Waals surface area contributed by atoms with Crippen LogP contribution in [0.4, 0.5) is 14.5 Å². The standard InChI is InChI=1S/C12H16BrF2NO/c1-8(2)7-17-4-3-16-12-10(14)5-9(13)6-11(12)15/h5-6,8,16H,3-4,7H2,1-2H3. The highest BCUT2D eigenvalue weighted by Gasteiger charge is 2.09. The zero-order chi connectivity index (χ0) is 12.8. The van der Waals surface area contributed by atoms with E-state index < -0.39 is 11.6 Å². The van der Waals surface area contributed by atoms with Crippen LogP contribution in [-0.2, 0) is 4.74 Å². The summed E-state index contributed by atoms with van der Waals surface area (Å²) in [7, 11) is 0. The first-order valence-electron chi connectivity index (χ1n) is 5.47. The molecule has 0 heterocycles. The average molecular weight is 308 g/mol. The molecule has 0 amide bonds. The molecule has 0 aliphatic carbocycles. The average Bonchev–Trinajstić information content (AvgIpc) is 2.20. The van der Waals surface area contributed by atoms with Crippen LogP contribution in [0.3, 0.4) is 0 Å². The van der Waals surface area contributed by atoms with Crippen molar-refractivity contribution in [2.45, 2.75) is 13.8 Å². The van der Waals surface area contributed by atoms with Crippen molar-refractivity contribution in [1.82, 2.24) is 0 Å². The monoisotopic (exact) mass is 307 g/mol. The Morgan fingerprint density at radius 1 is 1.29 bits per heavy atom. The molecule has 0 aliphatic rings. The van der Waals surface area contributed by atoms with Gasteiger partial charge in [-0.25, -0.2) is 8.78 Å². The third kappa shape index (κ3) is 5.00. The van der Waals surface area contributed by atoms with Gasteiger partial charge in [-0.15, -0.1) is 0 Å². The van der Waals surface area contributed by atoms with Gasteiger partial charge in [-0.3, -0.25) is 0 Å². The minimum atomic E-state index is -0.610. The van der Waals surface area contributed by atoms with E-state index in [0.717, 1.165) is 0 Å². The fourth-order valence-electron chi connectivity index (χ4n) is 1.28. The van der Waals surface area contributed by atoms with E-state index in [-0.39, 0.29) is 5.69 Å². The summed E-state index contributed by atoms with van der Waals surface area (Å²) in [5.74, 6) is -0.766. The van der Waals surface area contributed by atoms with Crippen molar-refractivity contribution in [2.75, 3.05) is 25.1 Å². The van der Waals surface area contributed by atoms with E-state index in [0.29, 0.717) is 30.1 Å². The fourth-order valence-corrected chi connectivity index (χ4v) is 1.68. The second kappa shape index (κ2) is 6.91. The van der Waals surface area contributed by atoms with Gasteiger partial charge in [0.1, 0.15) is 17.3 Å². The minimum Gasteiger partial charge on any atom is -0.379 e. The Labute approximate surface area is 108 Å². The van der Waals surface area contributed by atoms with E-state index in [9.17, 15) is 8.78 Å². The van der Waals surface area contributed by atoms with Crippen LogP contribution in [0.15, 0.2) is 16.6 Å². The first-order valence-corrected chi connectivity index (χ1v) is 6.26. The highest BCUT2D eigenvalue weighted by atomic mass is 79.9. The molecule has 2 nitrogen and oxygen atoms in total. The Kier molecular flexibility index (Phi) is 5.85. The predicted octanol–water partition coefficient (Wildman–Crippen LogP) is 3.81. The number of benzene rings is 1. The van der Waals surface area contributed by atoms with Gasteiger partial charge in [0.25, 0.3) is 0 Å². The van der Waals surface area contributed by atoms with Gasteiger partial charge in [0.05, 0.1) is 6.61 Å². The van der Waals surface area contributed by atoms with E-state index in [1.165, 1.54) is 12.1 Å². The van der Waals surface area contributed by atoms with E-state index >= 15 is 0 Å². The molecule has 0 bridgehead atoms. The Balaban J connectivity index is 2.42. The lowest BCUT2D eigenvalue weighted by atomic mass is 10.2. The lowest BCUT2D eigenvalue weighted by Gasteiger charge is -2.10. The van der Waals surface area contributed by atoms with Gasteiger partial charge in [-0.1, -0.05) is 29.8 Å². The molecule has 1 rings (SSSR count). The summed E-state index contributed by atoms with van der Waals surface area (Å²) in [5, 5.41) is 2.69. The summed E-state index contributed by atoms with van der Waals surface area (Å²) < 4.78 is 32.4. The van der Waals surface area contributed by atoms with Crippen LogP contribution in [0.1, 0.15) is 13.8 Å². The SMILES string of the molecule is CC(C)COCCNc1c(F)cc(Br)cc1F. The number of anilines is 1. The minimum absolute atomic E-state index is 0.110. The topological polar surface area (TPSA) is 21.3 Å². The van der Waals surface area contributed by atoms with E-state index in [1.54, 1.807) is 0 Å². The van der Waals surface area contributed by atoms with Crippen LogP contribution < -0.4 is 5.32 Å². The Morgan fingerprint density at radius 3 is 2.41 bits per heavy atom. The number of rotatable bonds is 6. The van der Waals surface area contributed by atoms with Gasteiger partial charge < -0.3 is 10.1 Å². The Morgan fingerprint density at radius 2 is 1.88 bits per heavy atom. The summed E-state index contributed by atoms with van der Waals surface area (Å²) >= 11 is 3.02. The lowest BCUT2D eigenvalue weighted by molar-refractivity contribution is 0.118. The maximum absolute atomic E-state index is 13.4. The Hall–Kier alpha value is -0.680. The molecule has 0 atom stereocenters. The van der Waals surface area contributed by atoms with Crippen molar-refractivity contribution < 1.29 is 13.5 Å². The largest absolute Gasteiger partial charge is 0.379 e. The van der Waals surface area contributed by atoms with Gasteiger partial charge in [0.15, 0.2) is 0 Å². The Bertz CT molecular complexity index is 349. The van der Waals surface area contributed by atoms with Crippen LogP contribution in [0.5, 0.6) is 0 Å². The summed E-state index contributed by atoms with van der Waals surface area (Å²) in [4.78, 5) is 0. The van der Waals surface area contributed by atoms with Crippen LogP contribution in [0, 0.1) is 17.6 Å². The molecule has 1 N–H and O–H groups in total. The lowest BCUT2D eigenvalue weighted by Crippen LogP contribution is -2.13. The molecule has 5 heteroatoms. The molecule has 0 fully saturated rings. The zero-order valence-electron chi connectivity index (χ0n) is 9.90. The second-order valence-electron chi connectivity index (χ2n) is 4.14. The summed E-state index contributed by atoms with van der Waals surface area (Å²) in [6.45, 7) is 5.53. The first-order chi connectivity index (χ1) is 8.00. The van der Waals surface area contributed by atoms with Crippen molar-refractivity contribution >= 4 is 21.6 Å². The van der Waals surface area contributed by atoms with Gasteiger partial charge >= 0.3 is 0 Å². The highest BCUT2D eigenvalue weighted by Crippen LogP contribution is 2.23. The van der Waals surface area contributed by atoms with Crippen molar-refractivity contribution in [3.05, 3.63) is 28.2 Å². The van der Waals surface area contributed by atoms with Crippen LogP contribution in [0.2, 0.25) is 0 Å². The van der Waals surface area contributed by atoms with Gasteiger partial charge in [0.2, 0.25) is 0 Å². The molecule has 17 heavy (non-hydrogen) atoms. The number of hydrogen-bond acceptors (Lipinski definition) is 2. The van der Waals surface area contributed by atoms with Crippen molar-refractivity contribution in [2.24, 2.45) is 5.92 Å². The molecule has 0 saturated heterocycles. The van der Waals surface area contributed by atoms with E-state index in [4.69, 9.17) is 4.74 Å². The molecule has 0 aromatic heterocycles. The second-order valence-corrected chi connectivity index (χ2v) is 5.06. The molecule has 1 aromatic rings. The first kappa shape index (κ1) is 14.4. The number of hydrogen-bond donors (Lipinski definition) is 1. The van der Waals surface area contributed by atoms with E-state index in [1.807, 2.05) is 13.8 Å². The van der Waals surface area contributed by atoms with Gasteiger partial charge in [0, 0.05) is 17.6 Å². The van der Waals surface area contributed by atoms with Gasteiger partial charge in [-0.2, -0.15) is 0 Å². The molecule has 1 aromatic carbocycles. The fraction of sp³-hybridized carbons (Fsp3) is 0.500. The molecular weight excluding hydrogens is 292 g/mol.